The number of nitrogens with zero attached hydrogens (tertiary/aromatic N) is 3. The molecule has 1 amide bonds. The number of rotatable bonds is 4. The predicted octanol–water partition coefficient (Wildman–Crippen LogP) is 3.01. The first kappa shape index (κ1) is 16.4. The van der Waals surface area contributed by atoms with Crippen LogP contribution in [0.3, 0.4) is 0 Å². The quantitative estimate of drug-likeness (QED) is 0.939. The first-order chi connectivity index (χ1) is 11.6. The maximum atomic E-state index is 12.2. The van der Waals surface area contributed by atoms with Crippen LogP contribution in [0.25, 0.3) is 0 Å². The van der Waals surface area contributed by atoms with E-state index in [4.69, 9.17) is 0 Å². The molecule has 1 aromatic carbocycles. The SMILES string of the molecule is Cc1ccc(C(=O)NCc2cc(C)nc(N3CCCCC3)n2)cc1. The van der Waals surface area contributed by atoms with Crippen LogP contribution in [0.1, 0.15) is 46.6 Å². The number of aryl methyl sites for hydroxylation is 2. The molecule has 1 saturated heterocycles. The first-order valence-electron chi connectivity index (χ1n) is 8.56. The summed E-state index contributed by atoms with van der Waals surface area (Å²) in [6.45, 7) is 6.42. The highest BCUT2D eigenvalue weighted by atomic mass is 16.1. The molecule has 5 heteroatoms. The van der Waals surface area contributed by atoms with Gasteiger partial charge < -0.3 is 10.2 Å². The second-order valence-electron chi connectivity index (χ2n) is 6.40. The smallest absolute Gasteiger partial charge is 0.251 e. The van der Waals surface area contributed by atoms with Crippen LogP contribution in [-0.4, -0.2) is 29.0 Å². The molecule has 0 saturated carbocycles. The van der Waals surface area contributed by atoms with E-state index >= 15 is 0 Å². The topological polar surface area (TPSA) is 58.1 Å². The summed E-state index contributed by atoms with van der Waals surface area (Å²) in [4.78, 5) is 23.7. The molecule has 2 aromatic rings. The van der Waals surface area contributed by atoms with Gasteiger partial charge in [-0.3, -0.25) is 4.79 Å². The normalized spacial score (nSPS) is 14.5. The molecule has 3 rings (SSSR count). The van der Waals surface area contributed by atoms with Gasteiger partial charge in [0, 0.05) is 24.3 Å². The third kappa shape index (κ3) is 4.10. The van der Waals surface area contributed by atoms with Crippen molar-refractivity contribution >= 4 is 11.9 Å². The van der Waals surface area contributed by atoms with Gasteiger partial charge in [0.2, 0.25) is 5.95 Å². The van der Waals surface area contributed by atoms with Crippen LogP contribution in [0, 0.1) is 13.8 Å². The summed E-state index contributed by atoms with van der Waals surface area (Å²) in [5.74, 6) is 0.708. The first-order valence-corrected chi connectivity index (χ1v) is 8.56. The van der Waals surface area contributed by atoms with Crippen LogP contribution in [0.15, 0.2) is 30.3 Å². The van der Waals surface area contributed by atoms with Gasteiger partial charge >= 0.3 is 0 Å². The molecule has 126 valence electrons. The van der Waals surface area contributed by atoms with Gasteiger partial charge in [-0.25, -0.2) is 9.97 Å². The molecule has 2 heterocycles. The lowest BCUT2D eigenvalue weighted by Gasteiger charge is -2.27. The third-order valence-corrected chi connectivity index (χ3v) is 4.28. The Morgan fingerprint density at radius 1 is 1.08 bits per heavy atom. The van der Waals surface area contributed by atoms with Crippen molar-refractivity contribution in [3.63, 3.8) is 0 Å². The van der Waals surface area contributed by atoms with E-state index in [1.54, 1.807) is 0 Å². The largest absolute Gasteiger partial charge is 0.346 e. The highest BCUT2D eigenvalue weighted by molar-refractivity contribution is 5.94. The molecule has 1 fully saturated rings. The molecule has 0 unspecified atom stereocenters. The molecule has 0 bridgehead atoms. The van der Waals surface area contributed by atoms with Gasteiger partial charge in [0.05, 0.1) is 12.2 Å². The second-order valence-corrected chi connectivity index (χ2v) is 6.40. The Bertz CT molecular complexity index is 706. The van der Waals surface area contributed by atoms with Crippen molar-refractivity contribution in [3.05, 3.63) is 52.8 Å². The van der Waals surface area contributed by atoms with Crippen LogP contribution >= 0.6 is 0 Å². The van der Waals surface area contributed by atoms with E-state index in [-0.39, 0.29) is 5.91 Å². The number of carbonyl (C=O) groups excluding carboxylic acids is 1. The van der Waals surface area contributed by atoms with Crippen molar-refractivity contribution in [2.45, 2.75) is 39.7 Å². The fourth-order valence-electron chi connectivity index (χ4n) is 2.92. The van der Waals surface area contributed by atoms with Crippen LogP contribution in [0.2, 0.25) is 0 Å². The van der Waals surface area contributed by atoms with E-state index in [1.165, 1.54) is 19.3 Å². The van der Waals surface area contributed by atoms with Gasteiger partial charge in [-0.15, -0.1) is 0 Å². The van der Waals surface area contributed by atoms with Gasteiger partial charge in [0.15, 0.2) is 0 Å². The Kier molecular flexibility index (Phi) is 5.08. The number of hydrogen-bond donors (Lipinski definition) is 1. The third-order valence-electron chi connectivity index (χ3n) is 4.28. The highest BCUT2D eigenvalue weighted by Gasteiger charge is 2.15. The summed E-state index contributed by atoms with van der Waals surface area (Å²) >= 11 is 0. The number of benzene rings is 1. The van der Waals surface area contributed by atoms with Gasteiger partial charge in [-0.2, -0.15) is 0 Å². The van der Waals surface area contributed by atoms with Crippen LogP contribution in [-0.2, 0) is 6.54 Å². The standard InChI is InChI=1S/C19H24N4O/c1-14-6-8-16(9-7-14)18(24)20-13-17-12-15(2)21-19(22-17)23-10-4-3-5-11-23/h6-9,12H,3-5,10-11,13H2,1-2H3,(H,20,24). The Hall–Kier alpha value is -2.43. The molecular formula is C19H24N4O. The molecule has 5 nitrogen and oxygen atoms in total. The molecule has 1 aromatic heterocycles. The summed E-state index contributed by atoms with van der Waals surface area (Å²) in [7, 11) is 0. The molecule has 0 aliphatic carbocycles. The fourth-order valence-corrected chi connectivity index (χ4v) is 2.92. The Morgan fingerprint density at radius 2 is 1.79 bits per heavy atom. The number of carbonyl (C=O) groups is 1. The van der Waals surface area contributed by atoms with Crippen molar-refractivity contribution in [2.24, 2.45) is 0 Å². The zero-order valence-electron chi connectivity index (χ0n) is 14.4. The van der Waals surface area contributed by atoms with E-state index in [0.29, 0.717) is 12.1 Å². The van der Waals surface area contributed by atoms with Gasteiger partial charge in [0.1, 0.15) is 0 Å². The average Bonchev–Trinajstić information content (AvgIpc) is 2.60. The molecule has 1 aliphatic heterocycles. The van der Waals surface area contributed by atoms with Crippen molar-refractivity contribution in [2.75, 3.05) is 18.0 Å². The Balaban J connectivity index is 1.67. The Morgan fingerprint density at radius 3 is 2.50 bits per heavy atom. The molecule has 0 atom stereocenters. The second kappa shape index (κ2) is 7.43. The molecule has 1 N–H and O–H groups in total. The van der Waals surface area contributed by atoms with E-state index in [1.807, 2.05) is 44.2 Å². The number of hydrogen-bond acceptors (Lipinski definition) is 4. The summed E-state index contributed by atoms with van der Waals surface area (Å²) in [5, 5.41) is 2.94. The number of piperidine rings is 1. The minimum atomic E-state index is -0.0780. The summed E-state index contributed by atoms with van der Waals surface area (Å²) in [6, 6.07) is 9.50. The Labute approximate surface area is 143 Å². The van der Waals surface area contributed by atoms with Crippen LogP contribution < -0.4 is 10.2 Å². The maximum absolute atomic E-state index is 12.2. The lowest BCUT2D eigenvalue weighted by molar-refractivity contribution is 0.0950. The summed E-state index contributed by atoms with van der Waals surface area (Å²) in [6.07, 6.45) is 3.66. The van der Waals surface area contributed by atoms with E-state index in [2.05, 4.69) is 20.2 Å². The van der Waals surface area contributed by atoms with Gasteiger partial charge in [-0.1, -0.05) is 17.7 Å². The van der Waals surface area contributed by atoms with Crippen molar-refractivity contribution in [3.8, 4) is 0 Å². The minimum Gasteiger partial charge on any atom is -0.346 e. The molecule has 1 aliphatic rings. The molecule has 0 spiro atoms. The summed E-state index contributed by atoms with van der Waals surface area (Å²) in [5.41, 5.74) is 3.60. The van der Waals surface area contributed by atoms with Gasteiger partial charge in [0.25, 0.3) is 5.91 Å². The maximum Gasteiger partial charge on any atom is 0.251 e. The lowest BCUT2D eigenvalue weighted by atomic mass is 10.1. The molecular weight excluding hydrogens is 300 g/mol. The zero-order valence-corrected chi connectivity index (χ0v) is 14.4. The number of aromatic nitrogens is 2. The van der Waals surface area contributed by atoms with E-state index in [9.17, 15) is 4.79 Å². The molecule has 24 heavy (non-hydrogen) atoms. The number of anilines is 1. The number of nitrogens with one attached hydrogen (secondary N) is 1. The zero-order chi connectivity index (χ0) is 16.9. The summed E-state index contributed by atoms with van der Waals surface area (Å²) < 4.78 is 0. The van der Waals surface area contributed by atoms with Gasteiger partial charge in [-0.05, 0) is 51.3 Å². The van der Waals surface area contributed by atoms with Crippen molar-refractivity contribution < 1.29 is 4.79 Å². The minimum absolute atomic E-state index is 0.0780. The van der Waals surface area contributed by atoms with Crippen LogP contribution in [0.4, 0.5) is 5.95 Å². The lowest BCUT2D eigenvalue weighted by Crippen LogP contribution is -2.31. The van der Waals surface area contributed by atoms with Crippen LogP contribution in [0.5, 0.6) is 0 Å². The fraction of sp³-hybridized carbons (Fsp3) is 0.421. The molecule has 0 radical (unpaired) electrons. The predicted molar refractivity (Wildman–Crippen MR) is 95.2 cm³/mol. The highest BCUT2D eigenvalue weighted by Crippen LogP contribution is 2.16. The van der Waals surface area contributed by atoms with Crippen molar-refractivity contribution in [1.29, 1.82) is 0 Å². The monoisotopic (exact) mass is 324 g/mol. The average molecular weight is 324 g/mol. The number of amides is 1. The van der Waals surface area contributed by atoms with E-state index < -0.39 is 0 Å². The van der Waals surface area contributed by atoms with Crippen molar-refractivity contribution in [1.82, 2.24) is 15.3 Å². The van der Waals surface area contributed by atoms with E-state index in [0.717, 1.165) is 36.0 Å².